The molecular weight excluding hydrogens is 460 g/mol. The van der Waals surface area contributed by atoms with E-state index in [1.54, 1.807) is 48.5 Å². The highest BCUT2D eigenvalue weighted by molar-refractivity contribution is 5.94. The Morgan fingerprint density at radius 2 is 1.00 bits per heavy atom. The third-order valence-corrected chi connectivity index (χ3v) is 5.39. The topological polar surface area (TPSA) is 145 Å². The Labute approximate surface area is 207 Å². The van der Waals surface area contributed by atoms with Crippen molar-refractivity contribution >= 4 is 23.3 Å². The van der Waals surface area contributed by atoms with Gasteiger partial charge in [0.2, 0.25) is 0 Å². The molecule has 0 bridgehead atoms. The standard InChI is InChI=1S/C28H24N2O6/c29-19-7-9-23(25(13-19)17-3-1-5-21(11-17)35-15-27(31)32)24-10-8-20(30)14-26(24)18-4-2-6-22(12-18)36-16-28(33)34/h1-14H,15-16,29-30H2,(H,31,32)(H,33,34). The molecule has 4 rings (SSSR count). The summed E-state index contributed by atoms with van der Waals surface area (Å²) in [5.74, 6) is -1.29. The van der Waals surface area contributed by atoms with Crippen LogP contribution in [0.25, 0.3) is 33.4 Å². The van der Waals surface area contributed by atoms with Crippen LogP contribution in [0.3, 0.4) is 0 Å². The second-order valence-electron chi connectivity index (χ2n) is 8.03. The van der Waals surface area contributed by atoms with Crippen molar-refractivity contribution in [3.63, 3.8) is 0 Å². The maximum Gasteiger partial charge on any atom is 0.341 e. The molecule has 8 heteroatoms. The molecule has 0 aliphatic rings. The van der Waals surface area contributed by atoms with Crippen LogP contribution in [-0.2, 0) is 9.59 Å². The van der Waals surface area contributed by atoms with Gasteiger partial charge in [0.1, 0.15) is 11.5 Å². The molecule has 0 amide bonds. The lowest BCUT2D eigenvalue weighted by Gasteiger charge is -2.17. The highest BCUT2D eigenvalue weighted by atomic mass is 16.5. The number of anilines is 2. The van der Waals surface area contributed by atoms with E-state index in [-0.39, 0.29) is 0 Å². The lowest BCUT2D eigenvalue weighted by atomic mass is 9.88. The van der Waals surface area contributed by atoms with E-state index < -0.39 is 25.2 Å². The van der Waals surface area contributed by atoms with Crippen LogP contribution in [0.1, 0.15) is 0 Å². The second kappa shape index (κ2) is 10.5. The van der Waals surface area contributed by atoms with Gasteiger partial charge in [-0.3, -0.25) is 0 Å². The number of benzene rings is 4. The molecule has 0 saturated carbocycles. The fourth-order valence-electron chi connectivity index (χ4n) is 3.87. The van der Waals surface area contributed by atoms with E-state index in [9.17, 15) is 9.59 Å². The minimum Gasteiger partial charge on any atom is -0.482 e. The van der Waals surface area contributed by atoms with Gasteiger partial charge in [-0.25, -0.2) is 9.59 Å². The number of aliphatic carboxylic acids is 2. The number of hydrogen-bond acceptors (Lipinski definition) is 6. The number of carboxylic acids is 2. The summed E-state index contributed by atoms with van der Waals surface area (Å²) < 4.78 is 10.7. The van der Waals surface area contributed by atoms with Crippen LogP contribution < -0.4 is 20.9 Å². The van der Waals surface area contributed by atoms with E-state index in [0.717, 1.165) is 33.4 Å². The summed E-state index contributed by atoms with van der Waals surface area (Å²) in [4.78, 5) is 21.8. The van der Waals surface area contributed by atoms with Crippen LogP contribution in [-0.4, -0.2) is 35.4 Å². The second-order valence-corrected chi connectivity index (χ2v) is 8.03. The minimum atomic E-state index is -1.06. The Kier molecular flexibility index (Phi) is 7.06. The number of hydrogen-bond donors (Lipinski definition) is 4. The largest absolute Gasteiger partial charge is 0.482 e. The summed E-state index contributed by atoms with van der Waals surface area (Å²) in [5.41, 5.74) is 18.4. The van der Waals surface area contributed by atoms with E-state index in [1.165, 1.54) is 0 Å². The van der Waals surface area contributed by atoms with Gasteiger partial charge in [0, 0.05) is 11.4 Å². The first-order valence-corrected chi connectivity index (χ1v) is 11.0. The van der Waals surface area contributed by atoms with Crippen molar-refractivity contribution in [3.8, 4) is 44.9 Å². The third kappa shape index (κ3) is 5.74. The Morgan fingerprint density at radius 1 is 0.583 bits per heavy atom. The van der Waals surface area contributed by atoms with Crippen LogP contribution in [0.5, 0.6) is 11.5 Å². The Morgan fingerprint density at radius 3 is 1.39 bits per heavy atom. The van der Waals surface area contributed by atoms with Gasteiger partial charge >= 0.3 is 11.9 Å². The lowest BCUT2D eigenvalue weighted by molar-refractivity contribution is -0.140. The highest BCUT2D eigenvalue weighted by Gasteiger charge is 2.15. The summed E-state index contributed by atoms with van der Waals surface area (Å²) in [6.07, 6.45) is 0. The van der Waals surface area contributed by atoms with Crippen molar-refractivity contribution in [1.29, 1.82) is 0 Å². The predicted molar refractivity (Wildman–Crippen MR) is 138 cm³/mol. The number of rotatable bonds is 9. The van der Waals surface area contributed by atoms with Crippen molar-refractivity contribution in [2.24, 2.45) is 0 Å². The molecule has 8 nitrogen and oxygen atoms in total. The van der Waals surface area contributed by atoms with E-state index in [1.807, 2.05) is 36.4 Å². The first-order valence-electron chi connectivity index (χ1n) is 11.0. The molecule has 0 heterocycles. The highest BCUT2D eigenvalue weighted by Crippen LogP contribution is 2.41. The molecule has 0 spiro atoms. The normalized spacial score (nSPS) is 10.6. The smallest absolute Gasteiger partial charge is 0.341 e. The fraction of sp³-hybridized carbons (Fsp3) is 0.0714. The summed E-state index contributed by atoms with van der Waals surface area (Å²) in [6.45, 7) is -0.898. The van der Waals surface area contributed by atoms with Crippen LogP contribution in [0.15, 0.2) is 84.9 Å². The van der Waals surface area contributed by atoms with Gasteiger partial charge in [0.15, 0.2) is 13.2 Å². The molecule has 0 aliphatic heterocycles. The summed E-state index contributed by atoms with van der Waals surface area (Å²) in [6, 6.07) is 25.4. The predicted octanol–water partition coefficient (Wildman–Crippen LogP) is 4.78. The van der Waals surface area contributed by atoms with Crippen molar-refractivity contribution in [3.05, 3.63) is 84.9 Å². The summed E-state index contributed by atoms with van der Waals surface area (Å²) in [5, 5.41) is 17.9. The van der Waals surface area contributed by atoms with Crippen molar-refractivity contribution in [2.75, 3.05) is 24.7 Å². The van der Waals surface area contributed by atoms with Gasteiger partial charge in [-0.2, -0.15) is 0 Å². The SMILES string of the molecule is Nc1ccc(-c2ccc(N)cc2-c2cccc(OCC(=O)O)c2)c(-c2cccc(OCC(=O)O)c2)c1. The fourth-order valence-corrected chi connectivity index (χ4v) is 3.87. The number of ether oxygens (including phenoxy) is 2. The van der Waals surface area contributed by atoms with Crippen LogP contribution in [0.4, 0.5) is 11.4 Å². The van der Waals surface area contributed by atoms with Gasteiger partial charge in [-0.1, -0.05) is 36.4 Å². The molecule has 4 aromatic carbocycles. The molecule has 182 valence electrons. The zero-order valence-corrected chi connectivity index (χ0v) is 19.2. The number of carbonyl (C=O) groups is 2. The molecule has 6 N–H and O–H groups in total. The van der Waals surface area contributed by atoms with E-state index in [4.69, 9.17) is 31.2 Å². The molecule has 0 fully saturated rings. The molecule has 0 aliphatic carbocycles. The molecular formula is C28H24N2O6. The van der Waals surface area contributed by atoms with Gasteiger partial charge < -0.3 is 31.2 Å². The average Bonchev–Trinajstić information content (AvgIpc) is 2.87. The van der Waals surface area contributed by atoms with Gasteiger partial charge in [-0.05, 0) is 81.9 Å². The maximum atomic E-state index is 10.9. The van der Waals surface area contributed by atoms with Gasteiger partial charge in [0.25, 0.3) is 0 Å². The molecule has 0 atom stereocenters. The quantitative estimate of drug-likeness (QED) is 0.248. The first-order chi connectivity index (χ1) is 17.3. The van der Waals surface area contributed by atoms with Crippen molar-refractivity contribution in [1.82, 2.24) is 0 Å². The first kappa shape index (κ1) is 24.2. The van der Waals surface area contributed by atoms with E-state index >= 15 is 0 Å². The van der Waals surface area contributed by atoms with E-state index in [0.29, 0.717) is 22.9 Å². The summed E-state index contributed by atoms with van der Waals surface area (Å²) in [7, 11) is 0. The summed E-state index contributed by atoms with van der Waals surface area (Å²) >= 11 is 0. The van der Waals surface area contributed by atoms with Gasteiger partial charge in [0.05, 0.1) is 0 Å². The van der Waals surface area contributed by atoms with Crippen LogP contribution >= 0.6 is 0 Å². The molecule has 0 unspecified atom stereocenters. The maximum absolute atomic E-state index is 10.9. The van der Waals surface area contributed by atoms with Gasteiger partial charge in [-0.15, -0.1) is 0 Å². The lowest BCUT2D eigenvalue weighted by Crippen LogP contribution is -2.09. The molecule has 36 heavy (non-hydrogen) atoms. The zero-order valence-electron chi connectivity index (χ0n) is 19.2. The Bertz CT molecular complexity index is 1320. The Balaban J connectivity index is 1.82. The minimum absolute atomic E-state index is 0.420. The number of nitrogens with two attached hydrogens (primary N) is 2. The Hall–Kier alpha value is -4.98. The molecule has 0 radical (unpaired) electrons. The molecule has 0 saturated heterocycles. The van der Waals surface area contributed by atoms with Crippen LogP contribution in [0.2, 0.25) is 0 Å². The van der Waals surface area contributed by atoms with Crippen LogP contribution in [0, 0.1) is 0 Å². The third-order valence-electron chi connectivity index (χ3n) is 5.39. The monoisotopic (exact) mass is 484 g/mol. The average molecular weight is 485 g/mol. The van der Waals surface area contributed by atoms with Crippen molar-refractivity contribution < 1.29 is 29.3 Å². The number of nitrogen functional groups attached to an aromatic ring is 2. The number of carboxylic acid groups (broad SMARTS) is 2. The van der Waals surface area contributed by atoms with Crippen molar-refractivity contribution in [2.45, 2.75) is 0 Å². The van der Waals surface area contributed by atoms with E-state index in [2.05, 4.69) is 0 Å². The molecule has 4 aromatic rings. The zero-order chi connectivity index (χ0) is 25.7. The molecule has 0 aromatic heterocycles.